The second-order valence-corrected chi connectivity index (χ2v) is 14.2. The van der Waals surface area contributed by atoms with Crippen LogP contribution in [0.25, 0.3) is 0 Å². The summed E-state index contributed by atoms with van der Waals surface area (Å²) < 4.78 is 33.9. The van der Waals surface area contributed by atoms with Crippen LogP contribution in [0.1, 0.15) is 51.4 Å². The predicted molar refractivity (Wildman–Crippen MR) is 163 cm³/mol. The highest BCUT2D eigenvalue weighted by atomic mass is 19.1. The molecule has 4 heterocycles. The minimum absolute atomic E-state index is 0.00706. The molecule has 246 valence electrons. The summed E-state index contributed by atoms with van der Waals surface area (Å²) in [4.78, 5) is 34.5. The smallest absolute Gasteiger partial charge is 0.256 e. The second kappa shape index (κ2) is 14.0. The number of ketones is 1. The first-order valence-electron chi connectivity index (χ1n) is 17.5. The number of fused-ring (bicyclic) bond motifs is 3. The van der Waals surface area contributed by atoms with Gasteiger partial charge in [-0.2, -0.15) is 0 Å². The third-order valence-electron chi connectivity index (χ3n) is 11.7. The van der Waals surface area contributed by atoms with Crippen molar-refractivity contribution >= 4 is 11.7 Å². The van der Waals surface area contributed by atoms with Crippen molar-refractivity contribution in [1.82, 2.24) is 25.3 Å². The van der Waals surface area contributed by atoms with E-state index in [2.05, 4.69) is 25.3 Å². The quantitative estimate of drug-likeness (QED) is 0.294. The summed E-state index contributed by atoms with van der Waals surface area (Å²) in [6, 6.07) is -0.586. The Morgan fingerprint density at radius 2 is 1.59 bits per heavy atom. The summed E-state index contributed by atoms with van der Waals surface area (Å²) in [6.45, 7) is 9.51. The molecule has 0 radical (unpaired) electrons. The van der Waals surface area contributed by atoms with E-state index >= 15 is 4.39 Å². The number of ether oxygens (including phenoxy) is 3. The molecule has 6 fully saturated rings. The number of alkyl halides is 1. The van der Waals surface area contributed by atoms with Crippen LogP contribution in [0.15, 0.2) is 11.8 Å². The Labute approximate surface area is 261 Å². The molecule has 3 aliphatic carbocycles. The molecule has 9 atom stereocenters. The lowest BCUT2D eigenvalue weighted by atomic mass is 9.65. The first-order valence-corrected chi connectivity index (χ1v) is 17.5. The van der Waals surface area contributed by atoms with Gasteiger partial charge < -0.3 is 29.7 Å². The highest BCUT2D eigenvalue weighted by Crippen LogP contribution is 2.50. The Hall–Kier alpha value is -1.63. The van der Waals surface area contributed by atoms with E-state index in [0.717, 1.165) is 85.0 Å². The van der Waals surface area contributed by atoms with Crippen LogP contribution in [0.3, 0.4) is 0 Å². The molecule has 0 aromatic heterocycles. The van der Waals surface area contributed by atoms with Crippen molar-refractivity contribution in [3.8, 4) is 0 Å². The van der Waals surface area contributed by atoms with Crippen LogP contribution in [0.2, 0.25) is 0 Å². The summed E-state index contributed by atoms with van der Waals surface area (Å²) >= 11 is 0. The minimum Gasteiger partial charge on any atom is -0.379 e. The molecule has 3 saturated carbocycles. The molecule has 7 rings (SSSR count). The van der Waals surface area contributed by atoms with E-state index in [-0.39, 0.29) is 41.9 Å². The van der Waals surface area contributed by atoms with Crippen LogP contribution in [-0.4, -0.2) is 142 Å². The van der Waals surface area contributed by atoms with Crippen molar-refractivity contribution < 1.29 is 28.2 Å². The number of halogens is 1. The molecule has 0 spiro atoms. The molecule has 2 N–H and O–H groups in total. The molecule has 4 aliphatic heterocycles. The lowest BCUT2D eigenvalue weighted by molar-refractivity contribution is -0.208. The molecule has 7 aliphatic rings. The van der Waals surface area contributed by atoms with Crippen LogP contribution < -0.4 is 10.6 Å². The van der Waals surface area contributed by atoms with E-state index in [1.165, 1.54) is 25.7 Å². The summed E-state index contributed by atoms with van der Waals surface area (Å²) in [5.41, 5.74) is 0.203. The van der Waals surface area contributed by atoms with Gasteiger partial charge in [0.2, 0.25) is 0 Å². The maximum atomic E-state index is 16.1. The van der Waals surface area contributed by atoms with Gasteiger partial charge in [-0.25, -0.2) is 4.39 Å². The molecule has 3 saturated heterocycles. The third kappa shape index (κ3) is 6.47. The molecular weight excluding hydrogens is 565 g/mol. The largest absolute Gasteiger partial charge is 0.379 e. The van der Waals surface area contributed by atoms with Crippen molar-refractivity contribution in [3.63, 3.8) is 0 Å². The Kier molecular flexibility index (Phi) is 9.87. The van der Waals surface area contributed by atoms with Gasteiger partial charge in [0.15, 0.2) is 5.78 Å². The number of carbonyl (C=O) groups excluding carboxylic acids is 2. The van der Waals surface area contributed by atoms with Gasteiger partial charge in [-0.05, 0) is 44.1 Å². The number of carbonyl (C=O) groups is 2. The molecule has 10 nitrogen and oxygen atoms in total. The molecule has 9 unspecified atom stereocenters. The molecule has 0 bridgehead atoms. The lowest BCUT2D eigenvalue weighted by Crippen LogP contribution is -2.73. The second-order valence-electron chi connectivity index (χ2n) is 14.2. The van der Waals surface area contributed by atoms with Gasteiger partial charge in [0, 0.05) is 57.9 Å². The van der Waals surface area contributed by atoms with Crippen LogP contribution in [0.5, 0.6) is 0 Å². The number of Topliss-reactive ketones (excluding diaryl/α,β-unsaturated/α-hetero) is 1. The van der Waals surface area contributed by atoms with Crippen LogP contribution in [0.4, 0.5) is 4.39 Å². The first kappa shape index (κ1) is 31.0. The monoisotopic (exact) mass is 617 g/mol. The molecular formula is C33H52FN5O5. The Morgan fingerprint density at radius 1 is 0.909 bits per heavy atom. The fraction of sp³-hybridized carbons (Fsp3) is 0.879. The van der Waals surface area contributed by atoms with Crippen LogP contribution in [-0.2, 0) is 23.8 Å². The summed E-state index contributed by atoms with van der Waals surface area (Å²) in [7, 11) is 0. The molecule has 0 aromatic carbocycles. The topological polar surface area (TPSA) is 95.6 Å². The van der Waals surface area contributed by atoms with Crippen molar-refractivity contribution in [2.24, 2.45) is 17.8 Å². The SMILES string of the molecule is O=C(NCCCN1CCOCC1)C1=CN2C3CC4CCCCC4CC3OC3C(NCCN4CCOCC4)C(F)CC(C1=O)C32. The summed E-state index contributed by atoms with van der Waals surface area (Å²) in [5, 5.41) is 6.56. The number of nitrogens with zero attached hydrogens (tertiary/aromatic N) is 3. The number of nitrogens with one attached hydrogen (secondary N) is 2. The van der Waals surface area contributed by atoms with E-state index in [1.807, 2.05) is 6.20 Å². The van der Waals surface area contributed by atoms with Gasteiger partial charge in [0.1, 0.15) is 6.17 Å². The number of hydrogen-bond acceptors (Lipinski definition) is 9. The van der Waals surface area contributed by atoms with Gasteiger partial charge in [-0.3, -0.25) is 19.4 Å². The third-order valence-corrected chi connectivity index (χ3v) is 11.7. The standard InChI is InChI=1S/C33H52FN5O5/c34-26-20-24-30-32(29(26)35-7-9-38-12-16-43-17-13-38)44-28-19-23-5-2-1-4-22(23)18-27(28)39(30)21-25(31(24)40)33(41)36-6-3-8-37-10-14-42-15-11-37/h21-24,26-30,32,35H,1-20H2,(H,36,41). The zero-order valence-corrected chi connectivity index (χ0v) is 26.2. The number of amides is 1. The zero-order valence-electron chi connectivity index (χ0n) is 26.2. The maximum absolute atomic E-state index is 16.1. The normalized spacial score (nSPS) is 39.6. The number of rotatable bonds is 9. The highest BCUT2D eigenvalue weighted by Gasteiger charge is 2.59. The van der Waals surface area contributed by atoms with Gasteiger partial charge in [0.25, 0.3) is 5.91 Å². The van der Waals surface area contributed by atoms with Crippen molar-refractivity contribution in [2.45, 2.75) is 87.9 Å². The van der Waals surface area contributed by atoms with E-state index < -0.39 is 24.2 Å². The molecule has 0 aromatic rings. The molecule has 1 amide bonds. The average molecular weight is 618 g/mol. The van der Waals surface area contributed by atoms with E-state index in [9.17, 15) is 9.59 Å². The van der Waals surface area contributed by atoms with E-state index in [4.69, 9.17) is 14.2 Å². The van der Waals surface area contributed by atoms with Gasteiger partial charge in [-0.1, -0.05) is 25.7 Å². The fourth-order valence-electron chi connectivity index (χ4n) is 9.33. The van der Waals surface area contributed by atoms with Gasteiger partial charge in [-0.15, -0.1) is 0 Å². The van der Waals surface area contributed by atoms with E-state index in [0.29, 0.717) is 24.9 Å². The summed E-state index contributed by atoms with van der Waals surface area (Å²) in [6.07, 6.45) is 8.22. The lowest BCUT2D eigenvalue weighted by Gasteiger charge is -2.61. The van der Waals surface area contributed by atoms with Crippen molar-refractivity contribution in [3.05, 3.63) is 11.8 Å². The minimum atomic E-state index is -1.21. The van der Waals surface area contributed by atoms with Crippen LogP contribution >= 0.6 is 0 Å². The van der Waals surface area contributed by atoms with Gasteiger partial charge in [0.05, 0.1) is 62.3 Å². The van der Waals surface area contributed by atoms with Crippen molar-refractivity contribution in [2.75, 3.05) is 78.8 Å². The molecule has 11 heteroatoms. The highest BCUT2D eigenvalue weighted by molar-refractivity contribution is 6.20. The maximum Gasteiger partial charge on any atom is 0.256 e. The Morgan fingerprint density at radius 3 is 2.32 bits per heavy atom. The Bertz CT molecular complexity index is 1050. The Balaban J connectivity index is 1.08. The average Bonchev–Trinajstić information content (AvgIpc) is 3.05. The fourth-order valence-corrected chi connectivity index (χ4v) is 9.33. The molecule has 44 heavy (non-hydrogen) atoms. The van der Waals surface area contributed by atoms with Gasteiger partial charge >= 0.3 is 0 Å². The van der Waals surface area contributed by atoms with Crippen LogP contribution in [0, 0.1) is 17.8 Å². The number of hydrogen-bond donors (Lipinski definition) is 2. The number of morpholine rings is 3. The first-order chi connectivity index (χ1) is 21.6. The zero-order chi connectivity index (χ0) is 30.0. The van der Waals surface area contributed by atoms with E-state index in [1.54, 1.807) is 0 Å². The van der Waals surface area contributed by atoms with Crippen molar-refractivity contribution in [1.29, 1.82) is 0 Å². The summed E-state index contributed by atoms with van der Waals surface area (Å²) in [5.74, 6) is 0.204. The predicted octanol–water partition coefficient (Wildman–Crippen LogP) is 1.35.